The van der Waals surface area contributed by atoms with Gasteiger partial charge in [0.1, 0.15) is 5.75 Å². The van der Waals surface area contributed by atoms with E-state index in [4.69, 9.17) is 0 Å². The Morgan fingerprint density at radius 3 is 2.45 bits per heavy atom. The summed E-state index contributed by atoms with van der Waals surface area (Å²) >= 11 is 0. The molecule has 0 spiro atoms. The summed E-state index contributed by atoms with van der Waals surface area (Å²) in [6.45, 7) is 3.64. The van der Waals surface area contributed by atoms with Crippen molar-refractivity contribution in [3.05, 3.63) is 53.1 Å². The van der Waals surface area contributed by atoms with Crippen molar-refractivity contribution in [3.8, 4) is 5.75 Å². The van der Waals surface area contributed by atoms with E-state index in [0.717, 1.165) is 16.8 Å². The molecule has 2 aromatic rings. The van der Waals surface area contributed by atoms with E-state index in [1.165, 1.54) is 0 Å². The zero-order chi connectivity index (χ0) is 14.7. The molecule has 0 radical (unpaired) electrons. The number of benzene rings is 2. The molecule has 0 aromatic heterocycles. The zero-order valence-corrected chi connectivity index (χ0v) is 11.8. The minimum atomic E-state index is -0.178. The summed E-state index contributed by atoms with van der Waals surface area (Å²) in [5.74, 6) is 0.0549. The number of aryl methyl sites for hydroxylation is 2. The van der Waals surface area contributed by atoms with Gasteiger partial charge in [-0.1, -0.05) is 12.1 Å². The van der Waals surface area contributed by atoms with Gasteiger partial charge in [-0.15, -0.1) is 0 Å². The molecule has 0 unspecified atom stereocenters. The first-order valence-corrected chi connectivity index (χ1v) is 6.41. The Morgan fingerprint density at radius 1 is 1.05 bits per heavy atom. The quantitative estimate of drug-likeness (QED) is 0.750. The van der Waals surface area contributed by atoms with Gasteiger partial charge in [0.25, 0.3) is 5.91 Å². The van der Waals surface area contributed by atoms with E-state index in [9.17, 15) is 9.90 Å². The van der Waals surface area contributed by atoms with Gasteiger partial charge in [-0.2, -0.15) is 0 Å². The number of amides is 1. The summed E-state index contributed by atoms with van der Waals surface area (Å²) in [5, 5.41) is 15.5. The predicted molar refractivity (Wildman–Crippen MR) is 81.5 cm³/mol. The topological polar surface area (TPSA) is 61.4 Å². The number of rotatable bonds is 3. The van der Waals surface area contributed by atoms with Crippen LogP contribution in [-0.2, 0) is 0 Å². The number of hydrogen-bond donors (Lipinski definition) is 3. The van der Waals surface area contributed by atoms with Gasteiger partial charge in [0, 0.05) is 18.4 Å². The lowest BCUT2D eigenvalue weighted by atomic mass is 10.1. The smallest absolute Gasteiger partial charge is 0.257 e. The van der Waals surface area contributed by atoms with Crippen LogP contribution in [0.15, 0.2) is 36.4 Å². The number of nitrogens with one attached hydrogen (secondary N) is 2. The Labute approximate surface area is 118 Å². The normalized spacial score (nSPS) is 10.2. The van der Waals surface area contributed by atoms with Crippen LogP contribution in [-0.4, -0.2) is 18.1 Å². The average molecular weight is 270 g/mol. The first-order valence-electron chi connectivity index (χ1n) is 6.41. The number of carbonyl (C=O) groups is 1. The summed E-state index contributed by atoms with van der Waals surface area (Å²) < 4.78 is 0. The highest BCUT2D eigenvalue weighted by Crippen LogP contribution is 2.26. The molecular formula is C16H18N2O2. The summed E-state index contributed by atoms with van der Waals surface area (Å²) in [6.07, 6.45) is 0. The maximum absolute atomic E-state index is 12.3. The first-order chi connectivity index (χ1) is 9.52. The summed E-state index contributed by atoms with van der Waals surface area (Å²) in [6, 6.07) is 10.7. The molecule has 0 bridgehead atoms. The largest absolute Gasteiger partial charge is 0.508 e. The monoisotopic (exact) mass is 270 g/mol. The Balaban J connectivity index is 2.30. The molecule has 0 aliphatic heterocycles. The van der Waals surface area contributed by atoms with Crippen molar-refractivity contribution in [1.29, 1.82) is 0 Å². The van der Waals surface area contributed by atoms with Gasteiger partial charge in [0.05, 0.1) is 5.56 Å². The van der Waals surface area contributed by atoms with Gasteiger partial charge in [-0.3, -0.25) is 4.79 Å². The van der Waals surface area contributed by atoms with E-state index in [1.807, 2.05) is 25.1 Å². The maximum Gasteiger partial charge on any atom is 0.257 e. The van der Waals surface area contributed by atoms with Crippen molar-refractivity contribution < 1.29 is 9.90 Å². The number of aromatic hydroxyl groups is 1. The molecule has 0 aliphatic carbocycles. The summed E-state index contributed by atoms with van der Waals surface area (Å²) in [5.41, 5.74) is 3.62. The molecule has 1 amide bonds. The van der Waals surface area contributed by atoms with Crippen LogP contribution in [0, 0.1) is 13.8 Å². The van der Waals surface area contributed by atoms with Crippen LogP contribution in [0.5, 0.6) is 5.75 Å². The molecule has 0 saturated heterocycles. The molecule has 2 rings (SSSR count). The molecular weight excluding hydrogens is 252 g/mol. The van der Waals surface area contributed by atoms with Crippen molar-refractivity contribution in [2.24, 2.45) is 0 Å². The molecule has 104 valence electrons. The molecule has 4 heteroatoms. The van der Waals surface area contributed by atoms with Crippen molar-refractivity contribution >= 4 is 17.3 Å². The molecule has 0 saturated carbocycles. The molecule has 0 atom stereocenters. The molecule has 2 aromatic carbocycles. The van der Waals surface area contributed by atoms with Crippen molar-refractivity contribution in [1.82, 2.24) is 0 Å². The minimum Gasteiger partial charge on any atom is -0.508 e. The van der Waals surface area contributed by atoms with E-state index >= 15 is 0 Å². The molecule has 20 heavy (non-hydrogen) atoms. The highest BCUT2D eigenvalue weighted by Gasteiger charge is 2.12. The number of phenolic OH excluding ortho intramolecular Hbond substituents is 1. The van der Waals surface area contributed by atoms with Gasteiger partial charge in [0.2, 0.25) is 0 Å². The Kier molecular flexibility index (Phi) is 3.94. The Morgan fingerprint density at radius 2 is 1.75 bits per heavy atom. The summed E-state index contributed by atoms with van der Waals surface area (Å²) in [4.78, 5) is 12.3. The average Bonchev–Trinajstić information content (AvgIpc) is 2.44. The lowest BCUT2D eigenvalue weighted by Crippen LogP contribution is -2.14. The highest BCUT2D eigenvalue weighted by molar-refractivity contribution is 6.08. The van der Waals surface area contributed by atoms with Crippen LogP contribution >= 0.6 is 0 Å². The third kappa shape index (κ3) is 2.74. The van der Waals surface area contributed by atoms with Crippen molar-refractivity contribution in [2.75, 3.05) is 17.7 Å². The molecule has 3 N–H and O–H groups in total. The second kappa shape index (κ2) is 5.65. The zero-order valence-electron chi connectivity index (χ0n) is 11.8. The van der Waals surface area contributed by atoms with E-state index in [1.54, 1.807) is 32.2 Å². The van der Waals surface area contributed by atoms with Gasteiger partial charge in [0.15, 0.2) is 0 Å². The lowest BCUT2D eigenvalue weighted by molar-refractivity contribution is 0.102. The number of phenols is 1. The second-order valence-electron chi connectivity index (χ2n) is 4.70. The Bertz CT molecular complexity index is 651. The van der Waals surface area contributed by atoms with E-state index in [0.29, 0.717) is 11.3 Å². The van der Waals surface area contributed by atoms with Crippen molar-refractivity contribution in [3.63, 3.8) is 0 Å². The maximum atomic E-state index is 12.3. The minimum absolute atomic E-state index is 0.178. The van der Waals surface area contributed by atoms with Crippen LogP contribution < -0.4 is 10.6 Å². The van der Waals surface area contributed by atoms with E-state index in [2.05, 4.69) is 10.6 Å². The molecule has 0 aliphatic rings. The summed E-state index contributed by atoms with van der Waals surface area (Å²) in [7, 11) is 1.78. The third-order valence-corrected chi connectivity index (χ3v) is 3.23. The van der Waals surface area contributed by atoms with Crippen LogP contribution in [0.4, 0.5) is 11.4 Å². The van der Waals surface area contributed by atoms with Crippen LogP contribution in [0.1, 0.15) is 21.5 Å². The van der Waals surface area contributed by atoms with E-state index < -0.39 is 0 Å². The van der Waals surface area contributed by atoms with Crippen LogP contribution in [0.2, 0.25) is 0 Å². The molecule has 0 heterocycles. The van der Waals surface area contributed by atoms with Gasteiger partial charge in [-0.05, 0) is 49.2 Å². The molecule has 4 nitrogen and oxygen atoms in total. The predicted octanol–water partition coefficient (Wildman–Crippen LogP) is 3.30. The SMILES string of the molecule is CNc1ccccc1C(=O)Nc1cc(C)c(O)cc1C. The lowest BCUT2D eigenvalue weighted by Gasteiger charge is -2.12. The fourth-order valence-electron chi connectivity index (χ4n) is 2.02. The third-order valence-electron chi connectivity index (χ3n) is 3.23. The Hall–Kier alpha value is -2.49. The van der Waals surface area contributed by atoms with Crippen LogP contribution in [0.3, 0.4) is 0 Å². The van der Waals surface area contributed by atoms with Gasteiger partial charge >= 0.3 is 0 Å². The number of carbonyl (C=O) groups excluding carboxylic acids is 1. The van der Waals surface area contributed by atoms with Crippen molar-refractivity contribution in [2.45, 2.75) is 13.8 Å². The molecule has 0 fully saturated rings. The second-order valence-corrected chi connectivity index (χ2v) is 4.70. The van der Waals surface area contributed by atoms with Crippen LogP contribution in [0.25, 0.3) is 0 Å². The first kappa shape index (κ1) is 13.9. The fourth-order valence-corrected chi connectivity index (χ4v) is 2.02. The van der Waals surface area contributed by atoms with Gasteiger partial charge < -0.3 is 15.7 Å². The number of anilines is 2. The number of para-hydroxylation sites is 1. The standard InChI is InChI=1S/C16H18N2O2/c1-10-9-15(19)11(2)8-14(10)18-16(20)12-6-4-5-7-13(12)17-3/h4-9,17,19H,1-3H3,(H,18,20). The van der Waals surface area contributed by atoms with Gasteiger partial charge in [-0.25, -0.2) is 0 Å². The fraction of sp³-hybridized carbons (Fsp3) is 0.188. The number of hydrogen-bond acceptors (Lipinski definition) is 3. The highest BCUT2D eigenvalue weighted by atomic mass is 16.3. The van der Waals surface area contributed by atoms with E-state index in [-0.39, 0.29) is 11.7 Å².